The maximum atomic E-state index is 10.5. The summed E-state index contributed by atoms with van der Waals surface area (Å²) in [6.45, 7) is 3.54. The van der Waals surface area contributed by atoms with Crippen LogP contribution in [0.3, 0.4) is 0 Å². The average Bonchev–Trinajstić information content (AvgIpc) is 2.03. The Morgan fingerprint density at radius 1 is 1.42 bits per heavy atom. The number of aliphatic hydroxyl groups is 1. The molecule has 2 N–H and O–H groups in total. The largest absolute Gasteiger partial charge is 0.508 e. The lowest BCUT2D eigenvalue weighted by Crippen LogP contribution is -2.00. The highest BCUT2D eigenvalue weighted by Gasteiger charge is 2.05. The summed E-state index contributed by atoms with van der Waals surface area (Å²) in [6.07, 6.45) is 3.98. The first-order valence-electron chi connectivity index (χ1n) is 3.91. The number of aliphatic carboxylic acids is 1. The van der Waals surface area contributed by atoms with Crippen LogP contribution in [0.2, 0.25) is 0 Å². The quantitative estimate of drug-likeness (QED) is 0.386. The molecule has 0 aromatic rings. The van der Waals surface area contributed by atoms with Gasteiger partial charge in [-0.3, -0.25) is 0 Å². The Bertz CT molecular complexity index is 214. The van der Waals surface area contributed by atoms with Gasteiger partial charge in [0.15, 0.2) is 0 Å². The van der Waals surface area contributed by atoms with Gasteiger partial charge in [0.2, 0.25) is 0 Å². The van der Waals surface area contributed by atoms with Crippen LogP contribution in [0.15, 0.2) is 23.5 Å². The van der Waals surface area contributed by atoms with Crippen LogP contribution in [-0.4, -0.2) is 16.2 Å². The molecule has 0 atom stereocenters. The zero-order valence-corrected chi connectivity index (χ0v) is 7.37. The van der Waals surface area contributed by atoms with E-state index in [0.29, 0.717) is 6.42 Å². The van der Waals surface area contributed by atoms with E-state index in [1.165, 1.54) is 12.2 Å². The first-order chi connectivity index (χ1) is 5.61. The van der Waals surface area contributed by atoms with Gasteiger partial charge in [-0.25, -0.2) is 4.79 Å². The molecule has 0 rings (SSSR count). The minimum Gasteiger partial charge on any atom is -0.508 e. The second-order valence-corrected chi connectivity index (χ2v) is 2.44. The SMILES string of the molecule is C/C=C(O)\C=C(/CCC)C(=O)O. The summed E-state index contributed by atoms with van der Waals surface area (Å²) in [6, 6.07) is 0. The van der Waals surface area contributed by atoms with E-state index >= 15 is 0 Å². The number of carbonyl (C=O) groups is 1. The molecule has 0 amide bonds. The molecular formula is C9H14O3. The summed E-state index contributed by atoms with van der Waals surface area (Å²) in [5, 5.41) is 17.7. The normalized spacial score (nSPS) is 13.2. The molecule has 0 saturated carbocycles. The molecule has 0 spiro atoms. The Hall–Kier alpha value is -1.25. The third-order valence-electron chi connectivity index (χ3n) is 1.41. The molecule has 0 bridgehead atoms. The van der Waals surface area contributed by atoms with Crippen molar-refractivity contribution in [2.45, 2.75) is 26.7 Å². The van der Waals surface area contributed by atoms with Crippen molar-refractivity contribution in [2.24, 2.45) is 0 Å². The molecule has 0 unspecified atom stereocenters. The highest BCUT2D eigenvalue weighted by atomic mass is 16.4. The van der Waals surface area contributed by atoms with Gasteiger partial charge >= 0.3 is 5.97 Å². The van der Waals surface area contributed by atoms with Crippen LogP contribution in [0.4, 0.5) is 0 Å². The number of hydrogen-bond acceptors (Lipinski definition) is 2. The van der Waals surface area contributed by atoms with Crippen LogP contribution in [0, 0.1) is 0 Å². The summed E-state index contributed by atoms with van der Waals surface area (Å²) in [5.74, 6) is -0.967. The number of rotatable bonds is 4. The van der Waals surface area contributed by atoms with Gasteiger partial charge in [-0.05, 0) is 25.5 Å². The van der Waals surface area contributed by atoms with Gasteiger partial charge in [0.25, 0.3) is 0 Å². The van der Waals surface area contributed by atoms with E-state index in [1.54, 1.807) is 6.92 Å². The van der Waals surface area contributed by atoms with Crippen molar-refractivity contribution in [3.8, 4) is 0 Å². The molecule has 3 nitrogen and oxygen atoms in total. The molecule has 0 aliphatic rings. The molecule has 0 aliphatic heterocycles. The third kappa shape index (κ3) is 3.81. The van der Waals surface area contributed by atoms with Crippen LogP contribution < -0.4 is 0 Å². The molecule has 0 aromatic carbocycles. The third-order valence-corrected chi connectivity index (χ3v) is 1.41. The monoisotopic (exact) mass is 170 g/mol. The Morgan fingerprint density at radius 2 is 2.00 bits per heavy atom. The van der Waals surface area contributed by atoms with Crippen LogP contribution >= 0.6 is 0 Å². The predicted octanol–water partition coefficient (Wildman–Crippen LogP) is 2.26. The van der Waals surface area contributed by atoms with E-state index in [9.17, 15) is 4.79 Å². The van der Waals surface area contributed by atoms with Gasteiger partial charge in [-0.15, -0.1) is 0 Å². The maximum Gasteiger partial charge on any atom is 0.331 e. The van der Waals surface area contributed by atoms with E-state index < -0.39 is 5.97 Å². The van der Waals surface area contributed by atoms with Crippen molar-refractivity contribution >= 4 is 5.97 Å². The molecule has 0 heterocycles. The van der Waals surface area contributed by atoms with Crippen molar-refractivity contribution in [2.75, 3.05) is 0 Å². The van der Waals surface area contributed by atoms with Gasteiger partial charge in [0.05, 0.1) is 0 Å². The van der Waals surface area contributed by atoms with Gasteiger partial charge in [-0.1, -0.05) is 13.3 Å². The number of allylic oxidation sites excluding steroid dienone is 2. The van der Waals surface area contributed by atoms with E-state index in [2.05, 4.69) is 0 Å². The van der Waals surface area contributed by atoms with Crippen LogP contribution in [0.1, 0.15) is 26.7 Å². The van der Waals surface area contributed by atoms with E-state index in [0.717, 1.165) is 6.42 Å². The Kier molecular flexibility index (Phi) is 4.84. The second kappa shape index (κ2) is 5.41. The summed E-state index contributed by atoms with van der Waals surface area (Å²) in [7, 11) is 0. The van der Waals surface area contributed by atoms with Crippen molar-refractivity contribution in [1.82, 2.24) is 0 Å². The first kappa shape index (κ1) is 10.8. The highest BCUT2D eigenvalue weighted by Crippen LogP contribution is 2.07. The molecule has 0 aromatic heterocycles. The molecule has 0 aliphatic carbocycles. The molecule has 0 saturated heterocycles. The fraction of sp³-hybridized carbons (Fsp3) is 0.444. The second-order valence-electron chi connectivity index (χ2n) is 2.44. The molecule has 0 fully saturated rings. The summed E-state index contributed by atoms with van der Waals surface area (Å²) >= 11 is 0. The Labute approximate surface area is 72.0 Å². The van der Waals surface area contributed by atoms with Crippen molar-refractivity contribution in [3.05, 3.63) is 23.5 Å². The minimum absolute atomic E-state index is 0.000787. The van der Waals surface area contributed by atoms with E-state index in [4.69, 9.17) is 10.2 Å². The Morgan fingerprint density at radius 3 is 2.33 bits per heavy atom. The van der Waals surface area contributed by atoms with Crippen LogP contribution in [-0.2, 0) is 4.79 Å². The lowest BCUT2D eigenvalue weighted by atomic mass is 10.1. The molecular weight excluding hydrogens is 156 g/mol. The fourth-order valence-corrected chi connectivity index (χ4v) is 0.772. The summed E-state index contributed by atoms with van der Waals surface area (Å²) in [5.41, 5.74) is 0.244. The average molecular weight is 170 g/mol. The molecule has 3 heteroatoms. The fourth-order valence-electron chi connectivity index (χ4n) is 0.772. The zero-order chi connectivity index (χ0) is 9.56. The number of carboxylic acid groups (broad SMARTS) is 1. The van der Waals surface area contributed by atoms with Crippen LogP contribution in [0.5, 0.6) is 0 Å². The lowest BCUT2D eigenvalue weighted by molar-refractivity contribution is -0.132. The zero-order valence-electron chi connectivity index (χ0n) is 7.37. The summed E-state index contributed by atoms with van der Waals surface area (Å²) in [4.78, 5) is 10.5. The number of hydrogen-bond donors (Lipinski definition) is 2. The van der Waals surface area contributed by atoms with Gasteiger partial charge < -0.3 is 10.2 Å². The molecule has 68 valence electrons. The van der Waals surface area contributed by atoms with Crippen molar-refractivity contribution < 1.29 is 15.0 Å². The highest BCUT2D eigenvalue weighted by molar-refractivity contribution is 5.87. The van der Waals surface area contributed by atoms with Crippen molar-refractivity contribution in [3.63, 3.8) is 0 Å². The topological polar surface area (TPSA) is 57.5 Å². The van der Waals surface area contributed by atoms with E-state index in [1.807, 2.05) is 6.92 Å². The number of aliphatic hydroxyl groups excluding tert-OH is 1. The maximum absolute atomic E-state index is 10.5. The Balaban J connectivity index is 4.49. The van der Waals surface area contributed by atoms with Crippen LogP contribution in [0.25, 0.3) is 0 Å². The predicted molar refractivity (Wildman–Crippen MR) is 47.0 cm³/mol. The van der Waals surface area contributed by atoms with Gasteiger partial charge in [0, 0.05) is 5.57 Å². The molecule has 12 heavy (non-hydrogen) atoms. The lowest BCUT2D eigenvalue weighted by Gasteiger charge is -1.98. The summed E-state index contributed by atoms with van der Waals surface area (Å²) < 4.78 is 0. The number of carboxylic acids is 1. The minimum atomic E-state index is -0.967. The molecule has 0 radical (unpaired) electrons. The standard InChI is InChI=1S/C9H14O3/c1-3-5-7(9(11)12)6-8(10)4-2/h4,6,10H,3,5H2,1-2H3,(H,11,12)/b7-6+,8-4+. The van der Waals surface area contributed by atoms with Gasteiger partial charge in [-0.2, -0.15) is 0 Å². The van der Waals surface area contributed by atoms with Gasteiger partial charge in [0.1, 0.15) is 5.76 Å². The van der Waals surface area contributed by atoms with Crippen molar-refractivity contribution in [1.29, 1.82) is 0 Å². The first-order valence-corrected chi connectivity index (χ1v) is 3.91. The smallest absolute Gasteiger partial charge is 0.331 e. The van der Waals surface area contributed by atoms with E-state index in [-0.39, 0.29) is 11.3 Å².